The highest BCUT2D eigenvalue weighted by molar-refractivity contribution is 5.34. The van der Waals surface area contributed by atoms with Gasteiger partial charge in [0.2, 0.25) is 0 Å². The highest BCUT2D eigenvalue weighted by Crippen LogP contribution is 2.50. The first kappa shape index (κ1) is 7.85. The number of hydrogen-bond donors (Lipinski definition) is 0. The molecule has 0 heterocycles. The Kier molecular flexibility index (Phi) is 1.92. The van der Waals surface area contributed by atoms with Crippen molar-refractivity contribution in [3.8, 4) is 0 Å². The van der Waals surface area contributed by atoms with Crippen molar-refractivity contribution in [2.45, 2.75) is 31.6 Å². The number of rotatable bonds is 3. The monoisotopic (exact) mass is 159 g/mol. The summed E-state index contributed by atoms with van der Waals surface area (Å²) in [4.78, 5) is 0. The topological polar surface area (TPSA) is 0 Å². The van der Waals surface area contributed by atoms with Crippen molar-refractivity contribution in [1.82, 2.24) is 0 Å². The van der Waals surface area contributed by atoms with E-state index in [-0.39, 0.29) is 0 Å². The van der Waals surface area contributed by atoms with Crippen LogP contribution in [0.2, 0.25) is 0 Å². The van der Waals surface area contributed by atoms with Crippen LogP contribution in [0.3, 0.4) is 0 Å². The molecule has 0 saturated heterocycles. The largest absolute Gasteiger partial charge is 0.0651 e. The standard InChI is InChI=1S/C12H15/c1-2-8-12(9-10-12)11-6-4-3-5-7-11/h3-8H,2,9-10H2,1H3. The first-order valence-corrected chi connectivity index (χ1v) is 4.77. The Morgan fingerprint density at radius 3 is 2.42 bits per heavy atom. The van der Waals surface area contributed by atoms with Gasteiger partial charge in [0.05, 0.1) is 0 Å². The van der Waals surface area contributed by atoms with Crippen molar-refractivity contribution in [3.63, 3.8) is 0 Å². The molecule has 0 nitrogen and oxygen atoms in total. The van der Waals surface area contributed by atoms with Crippen LogP contribution in [-0.4, -0.2) is 0 Å². The molecule has 63 valence electrons. The SMILES string of the molecule is CC[CH]C1(c2ccccc2)CC1. The summed E-state index contributed by atoms with van der Waals surface area (Å²) in [6, 6.07) is 10.9. The summed E-state index contributed by atoms with van der Waals surface area (Å²) < 4.78 is 0. The van der Waals surface area contributed by atoms with E-state index in [1.54, 1.807) is 0 Å². The maximum Gasteiger partial charge on any atom is -0.00153 e. The summed E-state index contributed by atoms with van der Waals surface area (Å²) in [5.74, 6) is 0. The zero-order valence-electron chi connectivity index (χ0n) is 7.59. The zero-order chi connectivity index (χ0) is 8.44. The predicted octanol–water partition coefficient (Wildman–Crippen LogP) is 3.33. The van der Waals surface area contributed by atoms with Crippen LogP contribution in [-0.2, 0) is 5.41 Å². The van der Waals surface area contributed by atoms with E-state index in [2.05, 4.69) is 43.7 Å². The van der Waals surface area contributed by atoms with Crippen molar-refractivity contribution in [1.29, 1.82) is 0 Å². The zero-order valence-corrected chi connectivity index (χ0v) is 7.59. The van der Waals surface area contributed by atoms with Crippen molar-refractivity contribution >= 4 is 0 Å². The van der Waals surface area contributed by atoms with Crippen molar-refractivity contribution < 1.29 is 0 Å². The Hall–Kier alpha value is -0.780. The number of hydrogen-bond acceptors (Lipinski definition) is 0. The third-order valence-electron chi connectivity index (χ3n) is 2.73. The minimum atomic E-state index is 0.468. The van der Waals surface area contributed by atoms with Crippen LogP contribution in [0.15, 0.2) is 30.3 Å². The second-order valence-electron chi connectivity index (χ2n) is 3.63. The Labute approximate surface area is 74.6 Å². The van der Waals surface area contributed by atoms with Gasteiger partial charge in [0, 0.05) is 0 Å². The highest BCUT2D eigenvalue weighted by atomic mass is 14.5. The van der Waals surface area contributed by atoms with Crippen LogP contribution in [0.25, 0.3) is 0 Å². The van der Waals surface area contributed by atoms with E-state index in [0.29, 0.717) is 5.41 Å². The normalized spacial score (nSPS) is 19.1. The Morgan fingerprint density at radius 1 is 1.25 bits per heavy atom. The molecule has 2 rings (SSSR count). The second-order valence-corrected chi connectivity index (χ2v) is 3.63. The van der Waals surface area contributed by atoms with E-state index in [0.717, 1.165) is 0 Å². The summed E-state index contributed by atoms with van der Waals surface area (Å²) in [5, 5.41) is 0. The van der Waals surface area contributed by atoms with E-state index in [1.165, 1.54) is 24.8 Å². The Balaban J connectivity index is 2.19. The first-order valence-electron chi connectivity index (χ1n) is 4.77. The molecule has 1 aromatic rings. The molecule has 0 aliphatic heterocycles. The molecule has 0 heteroatoms. The summed E-state index contributed by atoms with van der Waals surface area (Å²) in [6.07, 6.45) is 6.35. The minimum Gasteiger partial charge on any atom is -0.0651 e. The molecule has 0 amide bonds. The Morgan fingerprint density at radius 2 is 1.92 bits per heavy atom. The maximum absolute atomic E-state index is 2.46. The molecular formula is C12H15. The molecule has 1 aliphatic carbocycles. The van der Waals surface area contributed by atoms with Gasteiger partial charge in [-0.3, -0.25) is 0 Å². The molecule has 0 aromatic heterocycles. The molecular weight excluding hydrogens is 144 g/mol. The van der Waals surface area contributed by atoms with Crippen LogP contribution in [0.1, 0.15) is 31.7 Å². The van der Waals surface area contributed by atoms with E-state index in [9.17, 15) is 0 Å². The molecule has 1 fully saturated rings. The van der Waals surface area contributed by atoms with Gasteiger partial charge in [-0.05, 0) is 30.2 Å². The molecule has 0 spiro atoms. The van der Waals surface area contributed by atoms with Crippen LogP contribution >= 0.6 is 0 Å². The lowest BCUT2D eigenvalue weighted by Crippen LogP contribution is -2.05. The van der Waals surface area contributed by atoms with Gasteiger partial charge in [-0.25, -0.2) is 0 Å². The maximum atomic E-state index is 2.46. The third kappa shape index (κ3) is 1.26. The fourth-order valence-corrected chi connectivity index (χ4v) is 1.91. The van der Waals surface area contributed by atoms with Gasteiger partial charge in [-0.2, -0.15) is 0 Å². The van der Waals surface area contributed by atoms with Crippen LogP contribution in [0.5, 0.6) is 0 Å². The fourth-order valence-electron chi connectivity index (χ4n) is 1.91. The average molecular weight is 159 g/mol. The number of benzene rings is 1. The average Bonchev–Trinajstić information content (AvgIpc) is 2.88. The molecule has 1 aliphatic rings. The second kappa shape index (κ2) is 2.93. The van der Waals surface area contributed by atoms with Gasteiger partial charge in [0.1, 0.15) is 0 Å². The van der Waals surface area contributed by atoms with Gasteiger partial charge < -0.3 is 0 Å². The van der Waals surface area contributed by atoms with Crippen LogP contribution in [0.4, 0.5) is 0 Å². The van der Waals surface area contributed by atoms with E-state index < -0.39 is 0 Å². The molecule has 0 unspecified atom stereocenters. The van der Waals surface area contributed by atoms with Crippen molar-refractivity contribution in [3.05, 3.63) is 42.3 Å². The lowest BCUT2D eigenvalue weighted by Gasteiger charge is -2.13. The molecule has 0 N–H and O–H groups in total. The highest BCUT2D eigenvalue weighted by Gasteiger charge is 2.42. The van der Waals surface area contributed by atoms with Crippen LogP contribution < -0.4 is 0 Å². The van der Waals surface area contributed by atoms with Crippen molar-refractivity contribution in [2.75, 3.05) is 0 Å². The molecule has 1 aromatic carbocycles. The summed E-state index contributed by atoms with van der Waals surface area (Å²) >= 11 is 0. The molecule has 1 radical (unpaired) electrons. The van der Waals surface area contributed by atoms with E-state index in [1.807, 2.05) is 0 Å². The summed E-state index contributed by atoms with van der Waals surface area (Å²) in [6.45, 7) is 2.23. The molecule has 12 heavy (non-hydrogen) atoms. The minimum absolute atomic E-state index is 0.468. The van der Waals surface area contributed by atoms with Crippen molar-refractivity contribution in [2.24, 2.45) is 0 Å². The lowest BCUT2D eigenvalue weighted by molar-refractivity contribution is 0.765. The smallest absolute Gasteiger partial charge is 0.00153 e. The fraction of sp³-hybridized carbons (Fsp3) is 0.417. The van der Waals surface area contributed by atoms with Crippen LogP contribution in [0, 0.1) is 6.42 Å². The predicted molar refractivity (Wildman–Crippen MR) is 51.9 cm³/mol. The van der Waals surface area contributed by atoms with Gasteiger partial charge in [0.25, 0.3) is 0 Å². The van der Waals surface area contributed by atoms with Gasteiger partial charge in [-0.15, -0.1) is 0 Å². The quantitative estimate of drug-likeness (QED) is 0.634. The van der Waals surface area contributed by atoms with Gasteiger partial charge in [0.15, 0.2) is 0 Å². The van der Waals surface area contributed by atoms with Gasteiger partial charge in [-0.1, -0.05) is 43.7 Å². The lowest BCUT2D eigenvalue weighted by atomic mass is 9.91. The molecule has 0 atom stereocenters. The van der Waals surface area contributed by atoms with E-state index in [4.69, 9.17) is 0 Å². The van der Waals surface area contributed by atoms with Gasteiger partial charge >= 0.3 is 0 Å². The summed E-state index contributed by atoms with van der Waals surface area (Å²) in [7, 11) is 0. The first-order chi connectivity index (χ1) is 5.87. The molecule has 0 bridgehead atoms. The third-order valence-corrected chi connectivity index (χ3v) is 2.73. The summed E-state index contributed by atoms with van der Waals surface area (Å²) in [5.41, 5.74) is 1.97. The van der Waals surface area contributed by atoms with E-state index >= 15 is 0 Å². The molecule has 1 saturated carbocycles. The Bertz CT molecular complexity index is 244.